The number of allylic oxidation sites excluding steroid dienone is 15. The Balaban J connectivity index is 3.99. The third-order valence-electron chi connectivity index (χ3n) is 13.6. The summed E-state index contributed by atoms with van der Waals surface area (Å²) in [7, 11) is 1.57. The molecule has 0 aliphatic heterocycles. The molecule has 0 rings (SSSR count). The van der Waals surface area contributed by atoms with Gasteiger partial charge in [-0.3, -0.25) is 13.8 Å². The van der Waals surface area contributed by atoms with Crippen LogP contribution in [0.1, 0.15) is 264 Å². The van der Waals surface area contributed by atoms with Gasteiger partial charge in [0, 0.05) is 6.42 Å². The van der Waals surface area contributed by atoms with Crippen LogP contribution in [0.25, 0.3) is 0 Å². The number of phosphoric ester groups is 1. The maximum atomic E-state index is 13.0. The van der Waals surface area contributed by atoms with Crippen molar-refractivity contribution in [2.75, 3.05) is 40.9 Å². The van der Waals surface area contributed by atoms with E-state index in [0.29, 0.717) is 17.4 Å². The van der Waals surface area contributed by atoms with Crippen LogP contribution in [0.5, 0.6) is 0 Å². The van der Waals surface area contributed by atoms with Gasteiger partial charge in [0.2, 0.25) is 5.91 Å². The van der Waals surface area contributed by atoms with Crippen molar-refractivity contribution in [2.45, 2.75) is 276 Å². The summed E-state index contributed by atoms with van der Waals surface area (Å²) in [6.45, 7) is 4.71. The van der Waals surface area contributed by atoms with Gasteiger partial charge in [0.1, 0.15) is 13.2 Å². The predicted octanol–water partition coefficient (Wildman–Crippen LogP) is 19.4. The zero-order valence-electron chi connectivity index (χ0n) is 49.5. The molecule has 9 heteroatoms. The first-order valence-electron chi connectivity index (χ1n) is 31.1. The standard InChI is InChI=1S/C66H119N2O6P/c1-6-8-10-12-14-16-18-20-22-23-24-25-26-27-28-29-30-31-32-33-34-35-36-37-38-39-40-41-42-43-44-45-46-48-50-52-54-56-58-60-66(70)67-64(63-74-75(71,72)73-62-61-68(3,4)5)65(69)59-57-55-53-51-49-47-21-19-17-15-13-11-9-7-2/h8,10,14,16,20,22,24-25,27-28,30-31,33-34,57,59,64-65,69H,6-7,9,11-13,15,17-19,21,23,26,29,32,35-56,58,60-63H2,1-5H3,(H-,67,70,71,72)/p+1/b10-8-,16-14-,22-20-,25-24-,28-27-,31-30-,34-33-,59-57+. The molecule has 3 unspecified atom stereocenters. The van der Waals surface area contributed by atoms with E-state index >= 15 is 0 Å². The first-order chi connectivity index (χ1) is 36.5. The van der Waals surface area contributed by atoms with Gasteiger partial charge in [-0.05, 0) is 77.0 Å². The third kappa shape index (κ3) is 58.9. The number of nitrogens with zero attached hydrogens (tertiary/aromatic N) is 1. The van der Waals surface area contributed by atoms with Gasteiger partial charge in [0.05, 0.1) is 39.9 Å². The molecule has 0 bridgehead atoms. The Morgan fingerprint density at radius 2 is 0.800 bits per heavy atom. The number of amides is 1. The molecule has 0 saturated carbocycles. The fourth-order valence-electron chi connectivity index (χ4n) is 8.73. The van der Waals surface area contributed by atoms with Gasteiger partial charge >= 0.3 is 7.82 Å². The average Bonchev–Trinajstić information content (AvgIpc) is 3.37. The van der Waals surface area contributed by atoms with Crippen molar-refractivity contribution in [3.8, 4) is 0 Å². The Kier molecular flexibility index (Phi) is 54.2. The van der Waals surface area contributed by atoms with Crippen LogP contribution in [0, 0.1) is 0 Å². The minimum atomic E-state index is -4.35. The summed E-state index contributed by atoms with van der Waals surface area (Å²) < 4.78 is 23.7. The van der Waals surface area contributed by atoms with Crippen LogP contribution >= 0.6 is 7.82 Å². The maximum absolute atomic E-state index is 13.0. The number of rotatable bonds is 56. The van der Waals surface area contributed by atoms with Gasteiger partial charge in [-0.25, -0.2) is 4.57 Å². The lowest BCUT2D eigenvalue weighted by Crippen LogP contribution is -2.45. The summed E-state index contributed by atoms with van der Waals surface area (Å²) in [5.74, 6) is -0.178. The highest BCUT2D eigenvalue weighted by atomic mass is 31.2. The first kappa shape index (κ1) is 72.4. The van der Waals surface area contributed by atoms with Crippen molar-refractivity contribution in [3.05, 3.63) is 97.2 Å². The van der Waals surface area contributed by atoms with Gasteiger partial charge in [-0.15, -0.1) is 0 Å². The van der Waals surface area contributed by atoms with Crippen LogP contribution in [0.4, 0.5) is 0 Å². The number of aliphatic hydroxyl groups excluding tert-OH is 1. The summed E-state index contributed by atoms with van der Waals surface area (Å²) in [5, 5.41) is 13.9. The molecular weight excluding hydrogens is 948 g/mol. The molecule has 3 N–H and O–H groups in total. The summed E-state index contributed by atoms with van der Waals surface area (Å²) >= 11 is 0. The number of quaternary nitrogens is 1. The number of carbonyl (C=O) groups excluding carboxylic acids is 1. The van der Waals surface area contributed by atoms with Crippen LogP contribution in [-0.4, -0.2) is 73.4 Å². The zero-order valence-corrected chi connectivity index (χ0v) is 50.4. The van der Waals surface area contributed by atoms with Gasteiger partial charge in [-0.1, -0.05) is 278 Å². The van der Waals surface area contributed by atoms with Crippen molar-refractivity contribution in [1.29, 1.82) is 0 Å². The van der Waals surface area contributed by atoms with Crippen molar-refractivity contribution in [1.82, 2.24) is 5.32 Å². The maximum Gasteiger partial charge on any atom is 0.472 e. The minimum Gasteiger partial charge on any atom is -0.387 e. The van der Waals surface area contributed by atoms with Crippen LogP contribution in [0.15, 0.2) is 97.2 Å². The molecule has 0 aliphatic rings. The molecule has 8 nitrogen and oxygen atoms in total. The Hall–Kier alpha value is -2.58. The number of hydrogen-bond donors (Lipinski definition) is 3. The van der Waals surface area contributed by atoms with Crippen LogP contribution in [-0.2, 0) is 18.4 Å². The molecular formula is C66H120N2O6P+. The van der Waals surface area contributed by atoms with Gasteiger partial charge in [-0.2, -0.15) is 0 Å². The fraction of sp³-hybridized carbons (Fsp3) is 0.742. The molecule has 3 atom stereocenters. The number of aliphatic hydroxyl groups is 1. The van der Waals surface area contributed by atoms with E-state index in [0.717, 1.165) is 83.5 Å². The highest BCUT2D eigenvalue weighted by molar-refractivity contribution is 7.47. The van der Waals surface area contributed by atoms with E-state index in [1.807, 2.05) is 27.2 Å². The van der Waals surface area contributed by atoms with Crippen molar-refractivity contribution >= 4 is 13.7 Å². The van der Waals surface area contributed by atoms with Crippen LogP contribution in [0.3, 0.4) is 0 Å². The molecule has 0 radical (unpaired) electrons. The number of unbranched alkanes of at least 4 members (excludes halogenated alkanes) is 29. The second-order valence-corrected chi connectivity index (χ2v) is 23.5. The molecule has 0 aromatic rings. The van der Waals surface area contributed by atoms with E-state index in [1.165, 1.54) is 161 Å². The fourth-order valence-corrected chi connectivity index (χ4v) is 9.47. The van der Waals surface area contributed by atoms with E-state index in [2.05, 4.69) is 104 Å². The molecule has 0 aromatic heterocycles. The number of likely N-dealkylation sites (N-methyl/N-ethyl adjacent to an activating group) is 1. The lowest BCUT2D eigenvalue weighted by Gasteiger charge is -2.25. The topological polar surface area (TPSA) is 105 Å². The van der Waals surface area contributed by atoms with E-state index in [-0.39, 0.29) is 19.1 Å². The number of hydrogen-bond acceptors (Lipinski definition) is 5. The molecule has 0 saturated heterocycles. The van der Waals surface area contributed by atoms with E-state index in [4.69, 9.17) is 9.05 Å². The average molecular weight is 1070 g/mol. The normalized spacial score (nSPS) is 14.5. The molecule has 0 fully saturated rings. The second-order valence-electron chi connectivity index (χ2n) is 22.1. The Bertz CT molecular complexity index is 1540. The number of carbonyl (C=O) groups is 1. The highest BCUT2D eigenvalue weighted by Crippen LogP contribution is 2.43. The third-order valence-corrected chi connectivity index (χ3v) is 14.5. The van der Waals surface area contributed by atoms with E-state index in [9.17, 15) is 19.4 Å². The van der Waals surface area contributed by atoms with Crippen molar-refractivity contribution < 1.29 is 32.9 Å². The zero-order chi connectivity index (χ0) is 54.9. The summed E-state index contributed by atoms with van der Waals surface area (Å²) in [6, 6.07) is -0.849. The second kappa shape index (κ2) is 56.2. The van der Waals surface area contributed by atoms with E-state index in [1.54, 1.807) is 6.08 Å². The molecule has 1 amide bonds. The largest absolute Gasteiger partial charge is 0.472 e. The summed E-state index contributed by atoms with van der Waals surface area (Å²) in [5.41, 5.74) is 0. The van der Waals surface area contributed by atoms with Crippen LogP contribution < -0.4 is 5.32 Å². The van der Waals surface area contributed by atoms with Crippen LogP contribution in [0.2, 0.25) is 0 Å². The highest BCUT2D eigenvalue weighted by Gasteiger charge is 2.27. The molecule has 434 valence electrons. The molecule has 0 aromatic carbocycles. The molecule has 75 heavy (non-hydrogen) atoms. The predicted molar refractivity (Wildman–Crippen MR) is 327 cm³/mol. The summed E-state index contributed by atoms with van der Waals surface area (Å²) in [6.07, 6.45) is 81.0. The lowest BCUT2D eigenvalue weighted by molar-refractivity contribution is -0.870. The molecule has 0 spiro atoms. The number of nitrogens with one attached hydrogen (secondary N) is 1. The Morgan fingerprint density at radius 3 is 1.17 bits per heavy atom. The first-order valence-corrected chi connectivity index (χ1v) is 32.6. The number of phosphoric acid groups is 1. The minimum absolute atomic E-state index is 0.0597. The Labute approximate surface area is 464 Å². The van der Waals surface area contributed by atoms with Gasteiger partial charge in [0.25, 0.3) is 0 Å². The van der Waals surface area contributed by atoms with Gasteiger partial charge < -0.3 is 19.8 Å². The quantitative estimate of drug-likeness (QED) is 0.0243. The van der Waals surface area contributed by atoms with Crippen molar-refractivity contribution in [2.24, 2.45) is 0 Å². The van der Waals surface area contributed by atoms with E-state index < -0.39 is 20.0 Å². The Morgan fingerprint density at radius 1 is 0.467 bits per heavy atom. The molecule has 0 aliphatic carbocycles. The SMILES string of the molecule is CC/C=C\C/C=C\C/C=C\C/C=C\C/C=C\C/C=C\C/C=C\CCCCCCCCCCCCCCCCCCCC(=O)NC(COP(=O)(O)OCC[N+](C)(C)C)C(O)/C=C/CCCCCCCCCCCCCC. The molecule has 0 heterocycles. The lowest BCUT2D eigenvalue weighted by atomic mass is 10.0. The monoisotopic (exact) mass is 1070 g/mol. The summed E-state index contributed by atoms with van der Waals surface area (Å²) in [4.78, 5) is 23.3. The van der Waals surface area contributed by atoms with Crippen molar-refractivity contribution in [3.63, 3.8) is 0 Å². The smallest absolute Gasteiger partial charge is 0.387 e. The van der Waals surface area contributed by atoms with Gasteiger partial charge in [0.15, 0.2) is 0 Å².